The molecule has 2 N–H and O–H groups in total. The average molecular weight is 355 g/mol. The molecule has 0 saturated carbocycles. The number of benzene rings is 1. The highest BCUT2D eigenvalue weighted by Crippen LogP contribution is 2.20. The maximum Gasteiger partial charge on any atom is 0.266 e. The molecule has 2 amide bonds. The third-order valence-electron chi connectivity index (χ3n) is 4.68. The summed E-state index contributed by atoms with van der Waals surface area (Å²) in [5.74, 6) is -0.666. The maximum absolute atomic E-state index is 12.8. The van der Waals surface area contributed by atoms with Gasteiger partial charge in [-0.25, -0.2) is 0 Å². The van der Waals surface area contributed by atoms with Crippen molar-refractivity contribution in [2.24, 2.45) is 0 Å². The number of piperidine rings is 1. The Morgan fingerprint density at radius 2 is 1.85 bits per heavy atom. The Hall–Kier alpha value is -2.85. The van der Waals surface area contributed by atoms with Crippen LogP contribution in [0.1, 0.15) is 19.8 Å². The van der Waals surface area contributed by atoms with Gasteiger partial charge in [0.15, 0.2) is 0 Å². The van der Waals surface area contributed by atoms with Crippen LogP contribution in [0.5, 0.6) is 0 Å². The van der Waals surface area contributed by atoms with Gasteiger partial charge in [-0.3, -0.25) is 14.5 Å². The van der Waals surface area contributed by atoms with E-state index in [9.17, 15) is 14.9 Å². The Bertz CT molecular complexity index is 727. The SMILES string of the molecule is CC(=O)N(/C=C(/C#N)C(=O)N(C)C1CCN(C)CC1)c1ccc(N)cc1. The van der Waals surface area contributed by atoms with Gasteiger partial charge in [-0.2, -0.15) is 5.26 Å². The van der Waals surface area contributed by atoms with Gasteiger partial charge in [0.25, 0.3) is 5.91 Å². The highest BCUT2D eigenvalue weighted by molar-refractivity contribution is 6.01. The molecule has 0 spiro atoms. The van der Waals surface area contributed by atoms with Crippen LogP contribution in [-0.2, 0) is 9.59 Å². The number of amides is 2. The zero-order valence-corrected chi connectivity index (χ0v) is 15.5. The van der Waals surface area contributed by atoms with Crippen molar-refractivity contribution in [2.75, 3.05) is 37.8 Å². The molecule has 1 heterocycles. The first-order chi connectivity index (χ1) is 12.3. The van der Waals surface area contributed by atoms with Crippen LogP contribution in [0.3, 0.4) is 0 Å². The van der Waals surface area contributed by atoms with Crippen molar-refractivity contribution in [3.8, 4) is 6.07 Å². The van der Waals surface area contributed by atoms with Crippen LogP contribution < -0.4 is 10.6 Å². The first-order valence-electron chi connectivity index (χ1n) is 8.56. The van der Waals surface area contributed by atoms with Gasteiger partial charge in [0.1, 0.15) is 11.6 Å². The summed E-state index contributed by atoms with van der Waals surface area (Å²) >= 11 is 0. The summed E-state index contributed by atoms with van der Waals surface area (Å²) in [7, 11) is 3.76. The number of likely N-dealkylation sites (N-methyl/N-ethyl adjacent to an activating group) is 1. The average Bonchev–Trinajstić information content (AvgIpc) is 2.63. The Kier molecular flexibility index (Phi) is 6.36. The predicted molar refractivity (Wildman–Crippen MR) is 101 cm³/mol. The molecule has 0 bridgehead atoms. The summed E-state index contributed by atoms with van der Waals surface area (Å²) in [5.41, 5.74) is 6.72. The molecule has 1 aliphatic heterocycles. The minimum absolute atomic E-state index is 0.0709. The van der Waals surface area contributed by atoms with E-state index in [4.69, 9.17) is 5.73 Å². The number of rotatable bonds is 4. The van der Waals surface area contributed by atoms with E-state index in [1.165, 1.54) is 18.0 Å². The van der Waals surface area contributed by atoms with Gasteiger partial charge in [0.05, 0.1) is 0 Å². The molecular formula is C19H25N5O2. The van der Waals surface area contributed by atoms with Crippen molar-refractivity contribution in [1.29, 1.82) is 5.26 Å². The second-order valence-electron chi connectivity index (χ2n) is 6.59. The molecule has 1 aromatic carbocycles. The second-order valence-corrected chi connectivity index (χ2v) is 6.59. The standard InChI is InChI=1S/C19H25N5O2/c1-14(25)24(18-6-4-16(21)5-7-18)13-15(12-20)19(26)23(3)17-8-10-22(2)11-9-17/h4-7,13,17H,8-11,21H2,1-3H3/b15-13-. The minimum atomic E-state index is -0.372. The fourth-order valence-corrected chi connectivity index (χ4v) is 2.98. The van der Waals surface area contributed by atoms with Crippen molar-refractivity contribution in [3.05, 3.63) is 36.0 Å². The Balaban J connectivity index is 2.23. The molecule has 138 valence electrons. The number of anilines is 2. The summed E-state index contributed by atoms with van der Waals surface area (Å²) in [5, 5.41) is 9.48. The highest BCUT2D eigenvalue weighted by atomic mass is 16.2. The highest BCUT2D eigenvalue weighted by Gasteiger charge is 2.26. The number of hydrogen-bond donors (Lipinski definition) is 1. The lowest BCUT2D eigenvalue weighted by Gasteiger charge is -2.35. The van der Waals surface area contributed by atoms with Crippen molar-refractivity contribution < 1.29 is 9.59 Å². The smallest absolute Gasteiger partial charge is 0.266 e. The Morgan fingerprint density at radius 1 is 1.27 bits per heavy atom. The van der Waals surface area contributed by atoms with Gasteiger partial charge in [-0.15, -0.1) is 0 Å². The van der Waals surface area contributed by atoms with Crippen LogP contribution in [0.4, 0.5) is 11.4 Å². The molecule has 0 aromatic heterocycles. The topological polar surface area (TPSA) is 93.7 Å². The molecule has 0 unspecified atom stereocenters. The number of nitrogens with two attached hydrogens (primary N) is 1. The number of hydrogen-bond acceptors (Lipinski definition) is 5. The lowest BCUT2D eigenvalue weighted by Crippen LogP contribution is -2.45. The van der Waals surface area contributed by atoms with Crippen molar-refractivity contribution in [1.82, 2.24) is 9.80 Å². The van der Waals surface area contributed by atoms with Crippen LogP contribution in [0.25, 0.3) is 0 Å². The van der Waals surface area contributed by atoms with Gasteiger partial charge in [0, 0.05) is 37.6 Å². The number of nitriles is 1. The first kappa shape index (κ1) is 19.5. The summed E-state index contributed by atoms with van der Waals surface area (Å²) in [6.07, 6.45) is 3.04. The fourth-order valence-electron chi connectivity index (χ4n) is 2.98. The molecule has 0 radical (unpaired) electrons. The van der Waals surface area contributed by atoms with Crippen LogP contribution in [0, 0.1) is 11.3 Å². The third-order valence-corrected chi connectivity index (χ3v) is 4.68. The maximum atomic E-state index is 12.8. The molecular weight excluding hydrogens is 330 g/mol. The fraction of sp³-hybridized carbons (Fsp3) is 0.421. The zero-order valence-electron chi connectivity index (χ0n) is 15.5. The lowest BCUT2D eigenvalue weighted by molar-refractivity contribution is -0.128. The molecule has 1 aliphatic rings. The van der Waals surface area contributed by atoms with E-state index < -0.39 is 0 Å². The molecule has 2 rings (SSSR count). The van der Waals surface area contributed by atoms with Crippen LogP contribution in [0.15, 0.2) is 36.0 Å². The lowest BCUT2D eigenvalue weighted by atomic mass is 10.0. The van der Waals surface area contributed by atoms with Crippen LogP contribution in [0.2, 0.25) is 0 Å². The third kappa shape index (κ3) is 4.61. The molecule has 1 saturated heterocycles. The van der Waals surface area contributed by atoms with E-state index in [-0.39, 0.29) is 23.4 Å². The summed E-state index contributed by atoms with van der Waals surface area (Å²) in [4.78, 5) is 29.9. The largest absolute Gasteiger partial charge is 0.399 e. The van der Waals surface area contributed by atoms with Crippen molar-refractivity contribution in [2.45, 2.75) is 25.8 Å². The number of nitrogen functional groups attached to an aromatic ring is 1. The van der Waals surface area contributed by atoms with Gasteiger partial charge in [-0.05, 0) is 57.2 Å². The summed E-state index contributed by atoms with van der Waals surface area (Å²) in [6.45, 7) is 3.21. The number of likely N-dealkylation sites (tertiary alicyclic amines) is 1. The summed E-state index contributed by atoms with van der Waals surface area (Å²) in [6, 6.07) is 8.71. The minimum Gasteiger partial charge on any atom is -0.399 e. The number of carbonyl (C=O) groups excluding carboxylic acids is 2. The molecule has 1 fully saturated rings. The van der Waals surface area contributed by atoms with E-state index >= 15 is 0 Å². The van der Waals surface area contributed by atoms with Gasteiger partial charge >= 0.3 is 0 Å². The van der Waals surface area contributed by atoms with Crippen molar-refractivity contribution in [3.63, 3.8) is 0 Å². The molecule has 0 aliphatic carbocycles. The van der Waals surface area contributed by atoms with Crippen LogP contribution in [-0.4, -0.2) is 54.8 Å². The molecule has 0 atom stereocenters. The van der Waals surface area contributed by atoms with E-state index in [2.05, 4.69) is 11.9 Å². The van der Waals surface area contributed by atoms with Gasteiger partial charge in [0.2, 0.25) is 5.91 Å². The van der Waals surface area contributed by atoms with E-state index in [0.29, 0.717) is 11.4 Å². The molecule has 1 aromatic rings. The molecule has 7 heteroatoms. The summed E-state index contributed by atoms with van der Waals surface area (Å²) < 4.78 is 0. The number of nitrogens with zero attached hydrogens (tertiary/aromatic N) is 4. The Morgan fingerprint density at radius 3 is 2.35 bits per heavy atom. The second kappa shape index (κ2) is 8.50. The zero-order chi connectivity index (χ0) is 19.3. The van der Waals surface area contributed by atoms with E-state index in [1.807, 2.05) is 6.07 Å². The molecule has 7 nitrogen and oxygen atoms in total. The van der Waals surface area contributed by atoms with E-state index in [0.717, 1.165) is 25.9 Å². The van der Waals surface area contributed by atoms with Crippen LogP contribution >= 0.6 is 0 Å². The number of carbonyl (C=O) groups is 2. The van der Waals surface area contributed by atoms with Gasteiger partial charge < -0.3 is 15.5 Å². The molecule has 26 heavy (non-hydrogen) atoms. The van der Waals surface area contributed by atoms with Gasteiger partial charge in [-0.1, -0.05) is 0 Å². The van der Waals surface area contributed by atoms with Crippen molar-refractivity contribution >= 4 is 23.2 Å². The quantitative estimate of drug-likeness (QED) is 0.503. The first-order valence-corrected chi connectivity index (χ1v) is 8.56. The van der Waals surface area contributed by atoms with E-state index in [1.54, 1.807) is 36.2 Å². The monoisotopic (exact) mass is 355 g/mol. The normalized spacial score (nSPS) is 16.0. The Labute approximate surface area is 154 Å². The predicted octanol–water partition coefficient (Wildman–Crippen LogP) is 1.58.